The molecule has 0 aromatic rings. The Bertz CT molecular complexity index is 367. The lowest BCUT2D eigenvalue weighted by atomic mass is 9.67. The second-order valence-electron chi connectivity index (χ2n) is 4.04. The van der Waals surface area contributed by atoms with Gasteiger partial charge in [0.15, 0.2) is 5.78 Å². The lowest BCUT2D eigenvalue weighted by Crippen LogP contribution is -2.50. The Kier molecular flexibility index (Phi) is 1.46. The minimum atomic E-state index is -0.331. The van der Waals surface area contributed by atoms with Crippen molar-refractivity contribution in [2.75, 3.05) is 0 Å². The summed E-state index contributed by atoms with van der Waals surface area (Å²) >= 11 is 0. The second-order valence-corrected chi connectivity index (χ2v) is 4.04. The number of hydrogen-bond donors (Lipinski definition) is 0. The third kappa shape index (κ3) is 0.870. The van der Waals surface area contributed by atoms with Gasteiger partial charge in [0.05, 0.1) is 5.92 Å². The first-order chi connectivity index (χ1) is 6.77. The van der Waals surface area contributed by atoms with Crippen molar-refractivity contribution in [1.29, 1.82) is 0 Å². The van der Waals surface area contributed by atoms with Crippen LogP contribution in [0.4, 0.5) is 0 Å². The molecule has 72 valence electrons. The summed E-state index contributed by atoms with van der Waals surface area (Å²) in [6.07, 6.45) is 7.75. The van der Waals surface area contributed by atoms with Gasteiger partial charge in [0.1, 0.15) is 6.10 Å². The smallest absolute Gasteiger partial charge is 0.314 e. The molecule has 1 aliphatic heterocycles. The van der Waals surface area contributed by atoms with Gasteiger partial charge in [0.2, 0.25) is 0 Å². The van der Waals surface area contributed by atoms with Crippen molar-refractivity contribution >= 4 is 11.8 Å². The zero-order valence-electron chi connectivity index (χ0n) is 7.55. The maximum atomic E-state index is 11.6. The van der Waals surface area contributed by atoms with Crippen LogP contribution in [0.1, 0.15) is 6.42 Å². The Hall–Kier alpha value is -1.38. The van der Waals surface area contributed by atoms with Crippen molar-refractivity contribution in [2.24, 2.45) is 17.8 Å². The number of carbonyl (C=O) groups is 2. The fraction of sp³-hybridized carbons (Fsp3) is 0.455. The average molecular weight is 190 g/mol. The third-order valence-electron chi connectivity index (χ3n) is 3.32. The van der Waals surface area contributed by atoms with E-state index in [9.17, 15) is 9.59 Å². The topological polar surface area (TPSA) is 43.4 Å². The standard InChI is InChI=1S/C11H10O3/c12-8-4-5-9-6-2-1-3-7(10(6)8)11(13)14-9/h1,3-7,9-10H,2H2. The third-order valence-corrected chi connectivity index (χ3v) is 3.32. The van der Waals surface area contributed by atoms with Gasteiger partial charge in [-0.05, 0) is 18.6 Å². The zero-order valence-corrected chi connectivity index (χ0v) is 7.55. The fourth-order valence-electron chi connectivity index (χ4n) is 2.65. The van der Waals surface area contributed by atoms with Crippen molar-refractivity contribution in [2.45, 2.75) is 12.5 Å². The van der Waals surface area contributed by atoms with Crippen LogP contribution in [0.5, 0.6) is 0 Å². The number of esters is 1. The molecule has 14 heavy (non-hydrogen) atoms. The highest BCUT2D eigenvalue weighted by Crippen LogP contribution is 2.42. The van der Waals surface area contributed by atoms with Crippen molar-refractivity contribution in [3.05, 3.63) is 24.3 Å². The molecular weight excluding hydrogens is 180 g/mol. The highest BCUT2D eigenvalue weighted by atomic mass is 16.5. The van der Waals surface area contributed by atoms with E-state index in [1.165, 1.54) is 0 Å². The molecule has 0 N–H and O–H groups in total. The molecule has 3 aliphatic rings. The van der Waals surface area contributed by atoms with Gasteiger partial charge >= 0.3 is 5.97 Å². The average Bonchev–Trinajstić information content (AvgIpc) is 2.19. The SMILES string of the molecule is O=C1OC2C=CC(=O)C3C1C=CCC23. The summed E-state index contributed by atoms with van der Waals surface area (Å²) in [7, 11) is 0. The summed E-state index contributed by atoms with van der Waals surface area (Å²) in [4.78, 5) is 23.1. The monoisotopic (exact) mass is 190 g/mol. The first-order valence-electron chi connectivity index (χ1n) is 4.86. The van der Waals surface area contributed by atoms with Gasteiger partial charge in [-0.15, -0.1) is 0 Å². The summed E-state index contributed by atoms with van der Waals surface area (Å²) < 4.78 is 5.24. The van der Waals surface area contributed by atoms with Gasteiger partial charge in [-0.2, -0.15) is 0 Å². The van der Waals surface area contributed by atoms with E-state index < -0.39 is 0 Å². The van der Waals surface area contributed by atoms with Crippen LogP contribution >= 0.6 is 0 Å². The number of ether oxygens (including phenoxy) is 1. The highest BCUT2D eigenvalue weighted by Gasteiger charge is 2.49. The van der Waals surface area contributed by atoms with E-state index in [1.807, 2.05) is 12.2 Å². The largest absolute Gasteiger partial charge is 0.457 e. The molecule has 0 amide bonds. The Balaban J connectivity index is 2.12. The lowest BCUT2D eigenvalue weighted by molar-refractivity contribution is -0.169. The quantitative estimate of drug-likeness (QED) is 0.420. The summed E-state index contributed by atoms with van der Waals surface area (Å²) in [5, 5.41) is 0. The summed E-state index contributed by atoms with van der Waals surface area (Å²) in [6.45, 7) is 0. The number of allylic oxidation sites excluding steroid dienone is 2. The van der Waals surface area contributed by atoms with E-state index in [-0.39, 0.29) is 35.6 Å². The van der Waals surface area contributed by atoms with Gasteiger partial charge in [0, 0.05) is 11.8 Å². The van der Waals surface area contributed by atoms with E-state index in [2.05, 4.69) is 0 Å². The number of carbonyl (C=O) groups excluding carboxylic acids is 2. The maximum absolute atomic E-state index is 11.6. The van der Waals surface area contributed by atoms with Crippen LogP contribution in [0.25, 0.3) is 0 Å². The molecule has 2 aliphatic carbocycles. The van der Waals surface area contributed by atoms with Crippen molar-refractivity contribution < 1.29 is 14.3 Å². The molecule has 3 nitrogen and oxygen atoms in total. The van der Waals surface area contributed by atoms with Gasteiger partial charge in [0.25, 0.3) is 0 Å². The molecule has 4 atom stereocenters. The molecule has 1 saturated heterocycles. The molecule has 3 rings (SSSR count). The van der Waals surface area contributed by atoms with Crippen molar-refractivity contribution in [3.8, 4) is 0 Å². The molecule has 0 aromatic carbocycles. The van der Waals surface area contributed by atoms with Crippen LogP contribution in [0.2, 0.25) is 0 Å². The molecule has 1 fully saturated rings. The first-order valence-corrected chi connectivity index (χ1v) is 4.86. The normalized spacial score (nSPS) is 43.7. The molecule has 0 radical (unpaired) electrons. The molecule has 0 aromatic heterocycles. The molecule has 3 heteroatoms. The zero-order chi connectivity index (χ0) is 9.71. The maximum Gasteiger partial charge on any atom is 0.314 e. The van der Waals surface area contributed by atoms with E-state index in [0.717, 1.165) is 6.42 Å². The molecule has 0 spiro atoms. The van der Waals surface area contributed by atoms with Crippen LogP contribution in [0.3, 0.4) is 0 Å². The Morgan fingerprint density at radius 2 is 2.14 bits per heavy atom. The highest BCUT2D eigenvalue weighted by molar-refractivity contribution is 5.98. The van der Waals surface area contributed by atoms with Crippen LogP contribution in [0.15, 0.2) is 24.3 Å². The van der Waals surface area contributed by atoms with Crippen molar-refractivity contribution in [1.82, 2.24) is 0 Å². The number of rotatable bonds is 0. The first kappa shape index (κ1) is 7.97. The summed E-state index contributed by atoms with van der Waals surface area (Å²) in [6, 6.07) is 0. The second kappa shape index (κ2) is 2.56. The van der Waals surface area contributed by atoms with E-state index in [0.29, 0.717) is 0 Å². The predicted molar refractivity (Wildman–Crippen MR) is 48.3 cm³/mol. The number of ketones is 1. The van der Waals surface area contributed by atoms with Gasteiger partial charge in [-0.3, -0.25) is 9.59 Å². The van der Waals surface area contributed by atoms with E-state index in [4.69, 9.17) is 4.74 Å². The molecular formula is C11H10O3. The van der Waals surface area contributed by atoms with E-state index in [1.54, 1.807) is 12.2 Å². The van der Waals surface area contributed by atoms with Gasteiger partial charge in [-0.1, -0.05) is 12.2 Å². The summed E-state index contributed by atoms with van der Waals surface area (Å²) in [5.41, 5.74) is 0. The van der Waals surface area contributed by atoms with Gasteiger partial charge < -0.3 is 4.74 Å². The molecule has 4 bridgehead atoms. The number of hydrogen-bond acceptors (Lipinski definition) is 3. The summed E-state index contributed by atoms with van der Waals surface area (Å²) in [5.74, 6) is -0.471. The Morgan fingerprint density at radius 3 is 3.00 bits per heavy atom. The minimum Gasteiger partial charge on any atom is -0.457 e. The van der Waals surface area contributed by atoms with Crippen LogP contribution in [-0.4, -0.2) is 17.9 Å². The lowest BCUT2D eigenvalue weighted by Gasteiger charge is -2.42. The Labute approximate surface area is 81.4 Å². The minimum absolute atomic E-state index is 0.0808. The van der Waals surface area contributed by atoms with Crippen LogP contribution in [-0.2, 0) is 14.3 Å². The van der Waals surface area contributed by atoms with Gasteiger partial charge in [-0.25, -0.2) is 0 Å². The molecule has 0 saturated carbocycles. The van der Waals surface area contributed by atoms with Crippen molar-refractivity contribution in [3.63, 3.8) is 0 Å². The van der Waals surface area contributed by atoms with Crippen LogP contribution in [0, 0.1) is 17.8 Å². The fourth-order valence-corrected chi connectivity index (χ4v) is 2.65. The Morgan fingerprint density at radius 1 is 1.29 bits per heavy atom. The predicted octanol–water partition coefficient (Wildman–Crippen LogP) is 0.859. The molecule has 4 unspecified atom stereocenters. The van der Waals surface area contributed by atoms with Crippen LogP contribution < -0.4 is 0 Å². The molecule has 1 heterocycles. The van der Waals surface area contributed by atoms with E-state index >= 15 is 0 Å².